The zero-order valence-corrected chi connectivity index (χ0v) is 16.4. The number of oxazole rings is 1. The van der Waals surface area contributed by atoms with Crippen LogP contribution in [0.4, 0.5) is 5.69 Å². The number of hydrogen-bond donors (Lipinski definition) is 2. The van der Waals surface area contributed by atoms with Gasteiger partial charge < -0.3 is 14.8 Å². The molecule has 0 unspecified atom stereocenters. The molecule has 146 valence electrons. The van der Waals surface area contributed by atoms with Crippen LogP contribution in [0.15, 0.2) is 65.3 Å². The van der Waals surface area contributed by atoms with Crippen LogP contribution in [-0.2, 0) is 5.41 Å². The predicted molar refractivity (Wildman–Crippen MR) is 112 cm³/mol. The second-order valence-electron chi connectivity index (χ2n) is 7.88. The summed E-state index contributed by atoms with van der Waals surface area (Å²) in [6, 6.07) is 14.0. The van der Waals surface area contributed by atoms with Gasteiger partial charge in [-0.25, -0.2) is 4.98 Å². The van der Waals surface area contributed by atoms with Crippen LogP contribution >= 0.6 is 0 Å². The summed E-state index contributed by atoms with van der Waals surface area (Å²) < 4.78 is 5.70. The average molecular weight is 387 g/mol. The number of benzene rings is 2. The molecule has 0 radical (unpaired) electrons. The fraction of sp³-hybridized carbons (Fsp3) is 0.174. The van der Waals surface area contributed by atoms with E-state index >= 15 is 0 Å². The normalized spacial score (nSPS) is 11.6. The summed E-state index contributed by atoms with van der Waals surface area (Å²) in [5, 5.41) is 13.1. The minimum atomic E-state index is -0.233. The molecule has 0 aliphatic rings. The maximum atomic E-state index is 12.6. The lowest BCUT2D eigenvalue weighted by Crippen LogP contribution is -2.14. The van der Waals surface area contributed by atoms with Crippen LogP contribution in [0.2, 0.25) is 0 Å². The number of carbonyl (C=O) groups excluding carboxylic acids is 1. The SMILES string of the molecule is CC(C)(C)c1ccc(C(=O)Nc2ccc(O)c(-c3nc4cnccc4o3)c2)cc1. The standard InChI is InChI=1S/C23H21N3O3/c1-23(2,3)15-6-4-14(5-7-15)21(28)25-16-8-9-19(27)17(12-16)22-26-18-13-24-11-10-20(18)29-22/h4-13,27H,1-3H3,(H,25,28). The third-order valence-corrected chi connectivity index (χ3v) is 4.69. The summed E-state index contributed by atoms with van der Waals surface area (Å²) >= 11 is 0. The molecule has 0 aliphatic carbocycles. The average Bonchev–Trinajstić information content (AvgIpc) is 3.13. The number of nitrogens with one attached hydrogen (secondary N) is 1. The Morgan fingerprint density at radius 1 is 1.07 bits per heavy atom. The molecule has 1 amide bonds. The lowest BCUT2D eigenvalue weighted by atomic mass is 9.87. The fourth-order valence-corrected chi connectivity index (χ4v) is 3.01. The molecule has 6 nitrogen and oxygen atoms in total. The molecule has 2 N–H and O–H groups in total. The molecule has 0 fully saturated rings. The lowest BCUT2D eigenvalue weighted by molar-refractivity contribution is 0.102. The second-order valence-corrected chi connectivity index (χ2v) is 7.88. The molecule has 0 aliphatic heterocycles. The van der Waals surface area contributed by atoms with Gasteiger partial charge in [0.1, 0.15) is 11.3 Å². The first-order valence-electron chi connectivity index (χ1n) is 9.27. The molecule has 0 spiro atoms. The van der Waals surface area contributed by atoms with Crippen molar-refractivity contribution < 1.29 is 14.3 Å². The molecule has 2 heterocycles. The van der Waals surface area contributed by atoms with Gasteiger partial charge in [0.2, 0.25) is 5.89 Å². The van der Waals surface area contributed by atoms with Crippen molar-refractivity contribution >= 4 is 22.7 Å². The molecule has 4 rings (SSSR count). The lowest BCUT2D eigenvalue weighted by Gasteiger charge is -2.19. The van der Waals surface area contributed by atoms with E-state index in [1.165, 1.54) is 6.07 Å². The smallest absolute Gasteiger partial charge is 0.255 e. The number of rotatable bonds is 3. The largest absolute Gasteiger partial charge is 0.507 e. The number of phenols is 1. The quantitative estimate of drug-likeness (QED) is 0.475. The van der Waals surface area contributed by atoms with E-state index in [2.05, 4.69) is 36.1 Å². The number of nitrogens with zero attached hydrogens (tertiary/aromatic N) is 2. The number of pyridine rings is 1. The van der Waals surface area contributed by atoms with E-state index in [4.69, 9.17) is 4.42 Å². The highest BCUT2D eigenvalue weighted by molar-refractivity contribution is 6.04. The van der Waals surface area contributed by atoms with E-state index < -0.39 is 0 Å². The Morgan fingerprint density at radius 2 is 1.83 bits per heavy atom. The molecule has 29 heavy (non-hydrogen) atoms. The molecule has 4 aromatic rings. The monoisotopic (exact) mass is 387 g/mol. The third-order valence-electron chi connectivity index (χ3n) is 4.69. The van der Waals surface area contributed by atoms with Gasteiger partial charge in [0, 0.05) is 23.5 Å². The van der Waals surface area contributed by atoms with Crippen molar-refractivity contribution in [3.63, 3.8) is 0 Å². The van der Waals surface area contributed by atoms with Gasteiger partial charge in [-0.05, 0) is 41.3 Å². The van der Waals surface area contributed by atoms with Crippen LogP contribution < -0.4 is 5.32 Å². The first-order valence-corrected chi connectivity index (χ1v) is 9.27. The van der Waals surface area contributed by atoms with Crippen LogP contribution in [0.3, 0.4) is 0 Å². The van der Waals surface area contributed by atoms with Gasteiger partial charge in [-0.1, -0.05) is 32.9 Å². The van der Waals surface area contributed by atoms with E-state index in [0.717, 1.165) is 5.56 Å². The number of aromatic nitrogens is 2. The molecular formula is C23H21N3O3. The summed E-state index contributed by atoms with van der Waals surface area (Å²) in [6.07, 6.45) is 3.20. The Morgan fingerprint density at radius 3 is 2.52 bits per heavy atom. The highest BCUT2D eigenvalue weighted by Gasteiger charge is 2.16. The molecule has 6 heteroatoms. The molecular weight excluding hydrogens is 366 g/mol. The van der Waals surface area contributed by atoms with Crippen molar-refractivity contribution in [1.82, 2.24) is 9.97 Å². The summed E-state index contributed by atoms with van der Waals surface area (Å²) in [4.78, 5) is 21.0. The Kier molecular flexibility index (Phi) is 4.54. The number of phenolic OH excluding ortho intramolecular Hbond substituents is 1. The van der Waals surface area contributed by atoms with Crippen LogP contribution in [-0.4, -0.2) is 21.0 Å². The molecule has 0 saturated heterocycles. The van der Waals surface area contributed by atoms with E-state index in [0.29, 0.717) is 27.9 Å². The van der Waals surface area contributed by atoms with Gasteiger partial charge in [0.15, 0.2) is 5.58 Å². The Hall–Kier alpha value is -3.67. The van der Waals surface area contributed by atoms with Crippen molar-refractivity contribution in [3.8, 4) is 17.2 Å². The van der Waals surface area contributed by atoms with Gasteiger partial charge in [0.05, 0.1) is 11.8 Å². The Bertz CT molecular complexity index is 1160. The zero-order chi connectivity index (χ0) is 20.6. The number of anilines is 1. The summed E-state index contributed by atoms with van der Waals surface area (Å²) in [5.41, 5.74) is 3.82. The predicted octanol–water partition coefficient (Wildman–Crippen LogP) is 5.15. The highest BCUT2D eigenvalue weighted by atomic mass is 16.3. The molecule has 2 aromatic heterocycles. The van der Waals surface area contributed by atoms with Gasteiger partial charge in [0.25, 0.3) is 5.91 Å². The second kappa shape index (κ2) is 7.05. The van der Waals surface area contributed by atoms with Gasteiger partial charge in [-0.3, -0.25) is 9.78 Å². The number of fused-ring (bicyclic) bond motifs is 1. The van der Waals surface area contributed by atoms with Crippen molar-refractivity contribution in [3.05, 3.63) is 72.1 Å². The fourth-order valence-electron chi connectivity index (χ4n) is 3.01. The number of hydrogen-bond acceptors (Lipinski definition) is 5. The van der Waals surface area contributed by atoms with Crippen LogP contribution in [0.25, 0.3) is 22.6 Å². The van der Waals surface area contributed by atoms with E-state index in [1.54, 1.807) is 30.6 Å². The molecule has 2 aromatic carbocycles. The van der Waals surface area contributed by atoms with Crippen molar-refractivity contribution in [1.29, 1.82) is 0 Å². The number of amides is 1. The maximum absolute atomic E-state index is 12.6. The first kappa shape index (κ1) is 18.7. The zero-order valence-electron chi connectivity index (χ0n) is 16.4. The van der Waals surface area contributed by atoms with Crippen LogP contribution in [0, 0.1) is 0 Å². The van der Waals surface area contributed by atoms with E-state index in [-0.39, 0.29) is 23.0 Å². The molecule has 0 atom stereocenters. The van der Waals surface area contributed by atoms with Gasteiger partial charge in [-0.15, -0.1) is 0 Å². The van der Waals surface area contributed by atoms with Gasteiger partial charge in [-0.2, -0.15) is 0 Å². The summed E-state index contributed by atoms with van der Waals surface area (Å²) in [6.45, 7) is 6.38. The third kappa shape index (κ3) is 3.82. The molecule has 0 saturated carbocycles. The van der Waals surface area contributed by atoms with Crippen LogP contribution in [0.5, 0.6) is 5.75 Å². The minimum absolute atomic E-state index is 0.0112. The number of carbonyl (C=O) groups is 1. The Balaban J connectivity index is 1.59. The minimum Gasteiger partial charge on any atom is -0.507 e. The maximum Gasteiger partial charge on any atom is 0.255 e. The van der Waals surface area contributed by atoms with Crippen molar-refractivity contribution in [2.45, 2.75) is 26.2 Å². The summed E-state index contributed by atoms with van der Waals surface area (Å²) in [5.74, 6) is 0.0389. The number of aromatic hydroxyl groups is 1. The molecule has 0 bridgehead atoms. The topological polar surface area (TPSA) is 88.2 Å². The van der Waals surface area contributed by atoms with Gasteiger partial charge >= 0.3 is 0 Å². The first-order chi connectivity index (χ1) is 13.8. The van der Waals surface area contributed by atoms with Crippen molar-refractivity contribution in [2.75, 3.05) is 5.32 Å². The summed E-state index contributed by atoms with van der Waals surface area (Å²) in [7, 11) is 0. The van der Waals surface area contributed by atoms with Crippen LogP contribution in [0.1, 0.15) is 36.7 Å². The highest BCUT2D eigenvalue weighted by Crippen LogP contribution is 2.33. The van der Waals surface area contributed by atoms with E-state index in [9.17, 15) is 9.90 Å². The van der Waals surface area contributed by atoms with Crippen molar-refractivity contribution in [2.24, 2.45) is 0 Å². The van der Waals surface area contributed by atoms with E-state index in [1.807, 2.05) is 24.3 Å². The Labute approximate surface area is 168 Å².